The molecule has 4 saturated carbocycles. The Bertz CT molecular complexity index is 1290. The summed E-state index contributed by atoms with van der Waals surface area (Å²) >= 11 is 0. The zero-order valence-electron chi connectivity index (χ0n) is 26.8. The van der Waals surface area contributed by atoms with Gasteiger partial charge in [-0.05, 0) is 111 Å². The van der Waals surface area contributed by atoms with Gasteiger partial charge in [0.2, 0.25) is 0 Å². The van der Waals surface area contributed by atoms with Crippen molar-refractivity contribution in [3.8, 4) is 0 Å². The number of aliphatic hydroxyl groups is 1. The molecule has 1 N–H and O–H groups in total. The summed E-state index contributed by atoms with van der Waals surface area (Å²) in [7, 11) is 0. The molecule has 0 amide bonds. The van der Waals surface area contributed by atoms with Gasteiger partial charge in [-0.1, -0.05) is 45.9 Å². The molecule has 12 atom stereocenters. The number of fused-ring (bicyclic) bond motifs is 5. The number of ether oxygens (including phenoxy) is 4. The van der Waals surface area contributed by atoms with Crippen molar-refractivity contribution < 1.29 is 33.6 Å². The summed E-state index contributed by atoms with van der Waals surface area (Å²) < 4.78 is 24.3. The van der Waals surface area contributed by atoms with Gasteiger partial charge in [0.25, 0.3) is 0 Å². The van der Waals surface area contributed by atoms with E-state index in [0.29, 0.717) is 30.6 Å². The second-order valence-corrected chi connectivity index (χ2v) is 15.5. The standard InChI is InChI=1S/C37H50O7/c1-22-21-42-34(31(23(22)2)44-32(38)24-8-6-5-7-9-24)43-26-12-16-35(3)25(20-26)10-11-30-29(35)13-17-36(4)28(14-18-37(30,36)40)27-15-19-41-33(27)39/h5-9,15,22-23,25-26,28-31,34,40H,10-14,16-21H2,1-4H3/t22-,23+,25+,26-,28+,29?,30?,31-,34?,35-,36+,37-/m0/s1. The van der Waals surface area contributed by atoms with Gasteiger partial charge in [-0.2, -0.15) is 0 Å². The Labute approximate surface area is 262 Å². The highest BCUT2D eigenvalue weighted by molar-refractivity contribution is 5.91. The third-order valence-corrected chi connectivity index (χ3v) is 13.7. The van der Waals surface area contributed by atoms with Crippen LogP contribution in [0.15, 0.2) is 42.0 Å². The predicted molar refractivity (Wildman–Crippen MR) is 164 cm³/mol. The number of cyclic esters (lactones) is 1. The minimum absolute atomic E-state index is 0.0567. The molecule has 0 spiro atoms. The van der Waals surface area contributed by atoms with Gasteiger partial charge in [0.05, 0.1) is 23.9 Å². The summed E-state index contributed by atoms with van der Waals surface area (Å²) in [5.74, 6) is 1.21. The van der Waals surface area contributed by atoms with Crippen LogP contribution in [-0.2, 0) is 23.7 Å². The summed E-state index contributed by atoms with van der Waals surface area (Å²) in [5.41, 5.74) is 0.467. The third kappa shape index (κ3) is 4.70. The average Bonchev–Trinajstić information content (AvgIpc) is 3.56. The number of carbonyl (C=O) groups excluding carboxylic acids is 2. The number of rotatable bonds is 5. The molecule has 5 fully saturated rings. The van der Waals surface area contributed by atoms with E-state index in [9.17, 15) is 14.7 Å². The maximum absolute atomic E-state index is 13.0. The molecule has 7 rings (SSSR count). The van der Waals surface area contributed by atoms with Crippen LogP contribution in [0, 0.1) is 46.3 Å². The average molecular weight is 607 g/mol. The van der Waals surface area contributed by atoms with Gasteiger partial charge in [-0.3, -0.25) is 0 Å². The Kier molecular flexibility index (Phi) is 7.77. The highest BCUT2D eigenvalue weighted by Crippen LogP contribution is 2.70. The Morgan fingerprint density at radius 2 is 1.77 bits per heavy atom. The van der Waals surface area contributed by atoms with Crippen LogP contribution in [-0.4, -0.2) is 54.4 Å². The molecule has 240 valence electrons. The third-order valence-electron chi connectivity index (χ3n) is 13.7. The molecule has 0 radical (unpaired) electrons. The molecular formula is C37H50O7. The Morgan fingerprint density at radius 3 is 2.52 bits per heavy atom. The van der Waals surface area contributed by atoms with E-state index in [1.807, 2.05) is 24.3 Å². The van der Waals surface area contributed by atoms with Crippen molar-refractivity contribution in [2.45, 2.75) is 110 Å². The molecule has 0 aromatic heterocycles. The lowest BCUT2D eigenvalue weighted by molar-refractivity contribution is -0.271. The van der Waals surface area contributed by atoms with Crippen molar-refractivity contribution in [3.63, 3.8) is 0 Å². The summed E-state index contributed by atoms with van der Waals surface area (Å²) in [6.07, 6.45) is 9.74. The van der Waals surface area contributed by atoms with E-state index in [1.165, 1.54) is 0 Å². The number of esters is 2. The molecular weight excluding hydrogens is 556 g/mol. The second kappa shape index (κ2) is 11.2. The lowest BCUT2D eigenvalue weighted by Crippen LogP contribution is -2.62. The highest BCUT2D eigenvalue weighted by Gasteiger charge is 2.68. The second-order valence-electron chi connectivity index (χ2n) is 15.5. The van der Waals surface area contributed by atoms with Crippen LogP contribution < -0.4 is 0 Å². The normalized spacial score (nSPS) is 46.7. The van der Waals surface area contributed by atoms with Crippen molar-refractivity contribution in [2.75, 3.05) is 13.2 Å². The van der Waals surface area contributed by atoms with E-state index in [4.69, 9.17) is 18.9 Å². The summed E-state index contributed by atoms with van der Waals surface area (Å²) in [4.78, 5) is 25.6. The predicted octanol–water partition coefficient (Wildman–Crippen LogP) is 6.48. The molecule has 3 unspecified atom stereocenters. The number of hydrogen-bond donors (Lipinski definition) is 1. The molecule has 2 aliphatic heterocycles. The molecule has 1 saturated heterocycles. The van der Waals surface area contributed by atoms with Gasteiger partial charge < -0.3 is 24.1 Å². The first-order valence-corrected chi connectivity index (χ1v) is 17.2. The van der Waals surface area contributed by atoms with E-state index in [-0.39, 0.29) is 52.5 Å². The van der Waals surface area contributed by atoms with Crippen molar-refractivity contribution in [3.05, 3.63) is 47.5 Å². The molecule has 4 aliphatic carbocycles. The van der Waals surface area contributed by atoms with Gasteiger partial charge in [-0.15, -0.1) is 0 Å². The number of benzene rings is 1. The molecule has 7 heteroatoms. The lowest BCUT2D eigenvalue weighted by atomic mass is 9.43. The van der Waals surface area contributed by atoms with Crippen LogP contribution in [0.5, 0.6) is 0 Å². The summed E-state index contributed by atoms with van der Waals surface area (Å²) in [6.45, 7) is 9.96. The summed E-state index contributed by atoms with van der Waals surface area (Å²) in [5, 5.41) is 12.5. The molecule has 6 aliphatic rings. The maximum atomic E-state index is 13.0. The first kappa shape index (κ1) is 30.4. The summed E-state index contributed by atoms with van der Waals surface area (Å²) in [6, 6.07) is 9.15. The Hall–Kier alpha value is -2.22. The van der Waals surface area contributed by atoms with E-state index < -0.39 is 18.0 Å². The van der Waals surface area contributed by atoms with Crippen molar-refractivity contribution in [1.29, 1.82) is 0 Å². The molecule has 1 aromatic rings. The fourth-order valence-corrected chi connectivity index (χ4v) is 10.8. The Morgan fingerprint density at radius 1 is 0.977 bits per heavy atom. The maximum Gasteiger partial charge on any atom is 0.338 e. The van der Waals surface area contributed by atoms with E-state index >= 15 is 0 Å². The van der Waals surface area contributed by atoms with Gasteiger partial charge in [0, 0.05) is 16.9 Å². The minimum Gasteiger partial charge on any atom is -0.458 e. The zero-order chi connectivity index (χ0) is 30.9. The van der Waals surface area contributed by atoms with E-state index in [2.05, 4.69) is 27.7 Å². The minimum atomic E-state index is -0.746. The fraction of sp³-hybridized carbons (Fsp3) is 0.730. The van der Waals surface area contributed by atoms with Crippen LogP contribution in [0.3, 0.4) is 0 Å². The van der Waals surface area contributed by atoms with Crippen LogP contribution in [0.25, 0.3) is 0 Å². The van der Waals surface area contributed by atoms with Crippen molar-refractivity contribution >= 4 is 11.9 Å². The zero-order valence-corrected chi connectivity index (χ0v) is 26.8. The molecule has 7 nitrogen and oxygen atoms in total. The van der Waals surface area contributed by atoms with Crippen LogP contribution in [0.4, 0.5) is 0 Å². The fourth-order valence-electron chi connectivity index (χ4n) is 10.8. The first-order valence-electron chi connectivity index (χ1n) is 17.2. The largest absolute Gasteiger partial charge is 0.458 e. The molecule has 2 heterocycles. The van der Waals surface area contributed by atoms with Crippen LogP contribution in [0.1, 0.15) is 95.8 Å². The van der Waals surface area contributed by atoms with Crippen molar-refractivity contribution in [1.82, 2.24) is 0 Å². The van der Waals surface area contributed by atoms with Gasteiger partial charge in [0.15, 0.2) is 12.4 Å². The van der Waals surface area contributed by atoms with Gasteiger partial charge >= 0.3 is 11.9 Å². The van der Waals surface area contributed by atoms with Crippen molar-refractivity contribution in [2.24, 2.45) is 46.3 Å². The topological polar surface area (TPSA) is 91.3 Å². The lowest BCUT2D eigenvalue weighted by Gasteiger charge is -2.63. The van der Waals surface area contributed by atoms with E-state index in [1.54, 1.807) is 12.1 Å². The first-order chi connectivity index (χ1) is 21.0. The monoisotopic (exact) mass is 606 g/mol. The quantitative estimate of drug-likeness (QED) is 0.303. The Balaban J connectivity index is 1.04. The number of hydrogen-bond acceptors (Lipinski definition) is 7. The molecule has 44 heavy (non-hydrogen) atoms. The highest BCUT2D eigenvalue weighted by atomic mass is 16.7. The van der Waals surface area contributed by atoms with Gasteiger partial charge in [-0.25, -0.2) is 9.59 Å². The molecule has 0 bridgehead atoms. The van der Waals surface area contributed by atoms with Crippen LogP contribution in [0.2, 0.25) is 0 Å². The van der Waals surface area contributed by atoms with E-state index in [0.717, 1.165) is 63.4 Å². The number of carbonyl (C=O) groups is 2. The molecule has 1 aromatic carbocycles. The van der Waals surface area contributed by atoms with Gasteiger partial charge in [0.1, 0.15) is 6.61 Å². The SMILES string of the molecule is C[C@H]1[C@H](OC(=O)c2ccccc2)C(O[C@H]2CC[C@]3(C)C4CC[C@]5(C)[C@@H](C6=CCOC6=O)CC[C@]5(O)C4CC[C@@H]3C2)OC[C@@H]1C. The smallest absolute Gasteiger partial charge is 0.338 e. The van der Waals surface area contributed by atoms with Crippen LogP contribution >= 0.6 is 0 Å².